The number of nitrogens with zero attached hydrogens (tertiary/aromatic N) is 2. The average molecular weight is 284 g/mol. The van der Waals surface area contributed by atoms with Crippen molar-refractivity contribution >= 4 is 29.2 Å². The summed E-state index contributed by atoms with van der Waals surface area (Å²) in [6.45, 7) is 0. The molecular formula is C9H9ClF3N3S. The molecule has 0 spiro atoms. The lowest BCUT2D eigenvalue weighted by Crippen LogP contribution is -2.20. The number of nitrogens with one attached hydrogen (secondary N) is 1. The highest BCUT2D eigenvalue weighted by atomic mass is 35.5. The molecule has 0 aromatic carbocycles. The van der Waals surface area contributed by atoms with Gasteiger partial charge in [-0.25, -0.2) is 9.97 Å². The SMILES string of the molecule is FC(F)(F)c1cc(NC2CCSC2)nc(Cl)n1. The highest BCUT2D eigenvalue weighted by molar-refractivity contribution is 7.99. The van der Waals surface area contributed by atoms with Crippen LogP contribution in [-0.2, 0) is 6.18 Å². The third kappa shape index (κ3) is 3.38. The van der Waals surface area contributed by atoms with Gasteiger partial charge < -0.3 is 5.32 Å². The smallest absolute Gasteiger partial charge is 0.366 e. The number of halogens is 4. The summed E-state index contributed by atoms with van der Waals surface area (Å²) in [7, 11) is 0. The molecule has 0 aliphatic carbocycles. The van der Waals surface area contributed by atoms with Gasteiger partial charge in [-0.2, -0.15) is 24.9 Å². The maximum atomic E-state index is 12.5. The van der Waals surface area contributed by atoms with Gasteiger partial charge in [0.15, 0.2) is 5.69 Å². The molecular weight excluding hydrogens is 275 g/mol. The first-order chi connectivity index (χ1) is 7.95. The highest BCUT2D eigenvalue weighted by Gasteiger charge is 2.33. The zero-order chi connectivity index (χ0) is 12.5. The van der Waals surface area contributed by atoms with Gasteiger partial charge in [0.05, 0.1) is 0 Å². The lowest BCUT2D eigenvalue weighted by molar-refractivity contribution is -0.141. The summed E-state index contributed by atoms with van der Waals surface area (Å²) in [5.74, 6) is 2.00. The Balaban J connectivity index is 2.19. The minimum absolute atomic E-state index is 0.129. The van der Waals surface area contributed by atoms with Crippen LogP contribution >= 0.6 is 23.4 Å². The van der Waals surface area contributed by atoms with Crippen molar-refractivity contribution in [1.82, 2.24) is 9.97 Å². The first-order valence-electron chi connectivity index (χ1n) is 4.91. The third-order valence-corrected chi connectivity index (χ3v) is 3.60. The summed E-state index contributed by atoms with van der Waals surface area (Å²) in [6, 6.07) is 1.03. The van der Waals surface area contributed by atoms with E-state index < -0.39 is 17.2 Å². The quantitative estimate of drug-likeness (QED) is 0.847. The Labute approximate surface area is 105 Å². The summed E-state index contributed by atoms with van der Waals surface area (Å²) < 4.78 is 37.4. The van der Waals surface area contributed by atoms with Crippen LogP contribution in [-0.4, -0.2) is 27.5 Å². The van der Waals surface area contributed by atoms with E-state index in [1.165, 1.54) is 0 Å². The number of thioether (sulfide) groups is 1. The fourth-order valence-electron chi connectivity index (χ4n) is 1.49. The monoisotopic (exact) mass is 283 g/mol. The summed E-state index contributed by atoms with van der Waals surface area (Å²) in [6.07, 6.45) is -3.60. The molecule has 0 bridgehead atoms. The maximum absolute atomic E-state index is 12.5. The van der Waals surface area contributed by atoms with E-state index in [4.69, 9.17) is 11.6 Å². The van der Waals surface area contributed by atoms with Gasteiger partial charge in [-0.05, 0) is 23.8 Å². The summed E-state index contributed by atoms with van der Waals surface area (Å²) >= 11 is 7.23. The molecule has 17 heavy (non-hydrogen) atoms. The molecule has 1 saturated heterocycles. The van der Waals surface area contributed by atoms with Crippen molar-refractivity contribution in [2.75, 3.05) is 16.8 Å². The Morgan fingerprint density at radius 2 is 2.18 bits per heavy atom. The number of alkyl halides is 3. The molecule has 0 amide bonds. The zero-order valence-electron chi connectivity index (χ0n) is 8.59. The first-order valence-corrected chi connectivity index (χ1v) is 6.44. The third-order valence-electron chi connectivity index (χ3n) is 2.27. The van der Waals surface area contributed by atoms with E-state index in [1.807, 2.05) is 0 Å². The van der Waals surface area contributed by atoms with Crippen LogP contribution in [0.25, 0.3) is 0 Å². The van der Waals surface area contributed by atoms with Crippen molar-refractivity contribution in [3.8, 4) is 0 Å². The Kier molecular flexibility index (Phi) is 3.67. The fourth-order valence-corrected chi connectivity index (χ4v) is 2.83. The number of rotatable bonds is 2. The van der Waals surface area contributed by atoms with Crippen LogP contribution in [0.2, 0.25) is 5.28 Å². The molecule has 1 aromatic heterocycles. The molecule has 2 rings (SSSR count). The van der Waals surface area contributed by atoms with Gasteiger partial charge in [0.25, 0.3) is 0 Å². The van der Waals surface area contributed by atoms with Crippen LogP contribution in [0, 0.1) is 0 Å². The molecule has 1 N–H and O–H groups in total. The molecule has 1 unspecified atom stereocenters. The second-order valence-electron chi connectivity index (χ2n) is 3.61. The Bertz CT molecular complexity index is 407. The number of aromatic nitrogens is 2. The van der Waals surface area contributed by atoms with Crippen molar-refractivity contribution in [2.45, 2.75) is 18.6 Å². The van der Waals surface area contributed by atoms with Gasteiger partial charge in [-0.15, -0.1) is 0 Å². The second-order valence-corrected chi connectivity index (χ2v) is 5.10. The predicted octanol–water partition coefficient (Wildman–Crippen LogP) is 3.07. The van der Waals surface area contributed by atoms with Crippen LogP contribution in [0.3, 0.4) is 0 Å². The summed E-state index contributed by atoms with van der Waals surface area (Å²) in [5.41, 5.74) is -1.02. The average Bonchev–Trinajstić information content (AvgIpc) is 2.68. The molecule has 1 atom stereocenters. The Hall–Kier alpha value is -0.690. The minimum atomic E-state index is -4.51. The molecule has 1 aromatic rings. The van der Waals surface area contributed by atoms with Gasteiger partial charge in [-0.1, -0.05) is 0 Å². The Morgan fingerprint density at radius 3 is 2.76 bits per heavy atom. The van der Waals surface area contributed by atoms with Gasteiger partial charge in [0.2, 0.25) is 5.28 Å². The van der Waals surface area contributed by atoms with Gasteiger partial charge in [0.1, 0.15) is 5.82 Å². The molecule has 94 valence electrons. The predicted molar refractivity (Wildman–Crippen MR) is 61.4 cm³/mol. The van der Waals surface area contributed by atoms with Crippen molar-refractivity contribution in [2.24, 2.45) is 0 Å². The minimum Gasteiger partial charge on any atom is -0.366 e. The molecule has 3 nitrogen and oxygen atoms in total. The normalized spacial score (nSPS) is 20.6. The van der Waals surface area contributed by atoms with Crippen LogP contribution in [0.5, 0.6) is 0 Å². The van der Waals surface area contributed by atoms with E-state index in [9.17, 15) is 13.2 Å². The second kappa shape index (κ2) is 4.89. The van der Waals surface area contributed by atoms with Gasteiger partial charge in [-0.3, -0.25) is 0 Å². The largest absolute Gasteiger partial charge is 0.433 e. The van der Waals surface area contributed by atoms with E-state index in [1.54, 1.807) is 11.8 Å². The summed E-state index contributed by atoms with van der Waals surface area (Å²) in [5, 5.41) is 2.54. The highest BCUT2D eigenvalue weighted by Crippen LogP contribution is 2.30. The Morgan fingerprint density at radius 1 is 1.41 bits per heavy atom. The number of hydrogen-bond acceptors (Lipinski definition) is 4. The van der Waals surface area contributed by atoms with E-state index in [0.29, 0.717) is 0 Å². The molecule has 0 radical (unpaired) electrons. The molecule has 8 heteroatoms. The van der Waals surface area contributed by atoms with Crippen molar-refractivity contribution in [3.63, 3.8) is 0 Å². The van der Waals surface area contributed by atoms with Crippen molar-refractivity contribution < 1.29 is 13.2 Å². The summed E-state index contributed by atoms with van der Waals surface area (Å²) in [4.78, 5) is 6.91. The molecule has 0 saturated carbocycles. The standard InChI is InChI=1S/C9H9ClF3N3S/c10-8-15-6(9(11,12)13)3-7(16-8)14-5-1-2-17-4-5/h3,5H,1-2,4H2,(H,14,15,16). The van der Waals surface area contributed by atoms with E-state index in [-0.39, 0.29) is 11.9 Å². The lowest BCUT2D eigenvalue weighted by atomic mass is 10.2. The number of anilines is 1. The van der Waals surface area contributed by atoms with Gasteiger partial charge >= 0.3 is 6.18 Å². The number of hydrogen-bond donors (Lipinski definition) is 1. The molecule has 2 heterocycles. The van der Waals surface area contributed by atoms with E-state index >= 15 is 0 Å². The molecule has 1 fully saturated rings. The van der Waals surface area contributed by atoms with Crippen molar-refractivity contribution in [1.29, 1.82) is 0 Å². The van der Waals surface area contributed by atoms with Crippen molar-refractivity contribution in [3.05, 3.63) is 17.0 Å². The maximum Gasteiger partial charge on any atom is 0.433 e. The van der Waals surface area contributed by atoms with E-state index in [0.717, 1.165) is 24.0 Å². The first kappa shape index (κ1) is 12.8. The van der Waals surface area contributed by atoms with Crippen LogP contribution in [0.15, 0.2) is 6.07 Å². The zero-order valence-corrected chi connectivity index (χ0v) is 10.2. The van der Waals surface area contributed by atoms with Crippen LogP contribution in [0.1, 0.15) is 12.1 Å². The topological polar surface area (TPSA) is 37.8 Å². The van der Waals surface area contributed by atoms with Crippen LogP contribution in [0.4, 0.5) is 19.0 Å². The molecule has 1 aliphatic heterocycles. The van der Waals surface area contributed by atoms with Crippen LogP contribution < -0.4 is 5.32 Å². The molecule has 1 aliphatic rings. The van der Waals surface area contributed by atoms with Gasteiger partial charge in [0, 0.05) is 17.9 Å². The lowest BCUT2D eigenvalue weighted by Gasteiger charge is -2.13. The fraction of sp³-hybridized carbons (Fsp3) is 0.556. The van der Waals surface area contributed by atoms with E-state index in [2.05, 4.69) is 15.3 Å².